The van der Waals surface area contributed by atoms with Crippen LogP contribution in [0.2, 0.25) is 0 Å². The minimum absolute atomic E-state index is 0.300. The lowest BCUT2D eigenvalue weighted by molar-refractivity contribution is 0.102. The molecule has 1 fully saturated rings. The maximum absolute atomic E-state index is 13.2. The van der Waals surface area contributed by atoms with Gasteiger partial charge < -0.3 is 0 Å². The number of aryl methyl sites for hydroxylation is 1. The summed E-state index contributed by atoms with van der Waals surface area (Å²) in [5, 5.41) is 3.35. The van der Waals surface area contributed by atoms with Gasteiger partial charge in [0.2, 0.25) is 0 Å². The smallest absolute Gasteiger partial charge is 0.257 e. The van der Waals surface area contributed by atoms with E-state index in [2.05, 4.69) is 22.1 Å². The van der Waals surface area contributed by atoms with Gasteiger partial charge >= 0.3 is 0 Å². The maximum atomic E-state index is 13.2. The zero-order chi connectivity index (χ0) is 17.1. The van der Waals surface area contributed by atoms with E-state index in [0.717, 1.165) is 31.2 Å². The van der Waals surface area contributed by atoms with Crippen molar-refractivity contribution in [1.29, 1.82) is 0 Å². The molecule has 0 saturated carbocycles. The van der Waals surface area contributed by atoms with Crippen molar-refractivity contribution in [1.82, 2.24) is 9.88 Å². The molecule has 1 amide bonds. The normalized spacial score (nSPS) is 16.3. The number of hydrogen-bond acceptors (Lipinski definition) is 4. The van der Waals surface area contributed by atoms with Crippen LogP contribution in [-0.4, -0.2) is 28.9 Å². The number of amides is 1. The van der Waals surface area contributed by atoms with Crippen molar-refractivity contribution in [2.24, 2.45) is 5.92 Å². The van der Waals surface area contributed by atoms with E-state index in [0.29, 0.717) is 10.7 Å². The van der Waals surface area contributed by atoms with Crippen molar-refractivity contribution in [3.05, 3.63) is 46.2 Å². The molecule has 1 aromatic heterocycles. The first-order valence-electron chi connectivity index (χ1n) is 8.27. The molecule has 1 aliphatic rings. The predicted octanol–water partition coefficient (Wildman–Crippen LogP) is 4.07. The van der Waals surface area contributed by atoms with Crippen LogP contribution < -0.4 is 5.32 Å². The monoisotopic (exact) mass is 347 g/mol. The molecule has 0 spiro atoms. The number of hydrogen-bond donors (Lipinski definition) is 1. The largest absolute Gasteiger partial charge is 0.298 e. The molecule has 24 heavy (non-hydrogen) atoms. The first-order valence-corrected chi connectivity index (χ1v) is 9.08. The van der Waals surface area contributed by atoms with Gasteiger partial charge in [0.15, 0.2) is 5.13 Å². The summed E-state index contributed by atoms with van der Waals surface area (Å²) in [6.07, 6.45) is 2.47. The SMILES string of the molecule is Cc1nc(NC(=O)c2cccc(F)c2)sc1CN1CCC(C)CC1. The van der Waals surface area contributed by atoms with Gasteiger partial charge in [0, 0.05) is 17.0 Å². The van der Waals surface area contributed by atoms with E-state index in [1.807, 2.05) is 6.92 Å². The number of aromatic nitrogens is 1. The lowest BCUT2D eigenvalue weighted by Crippen LogP contribution is -2.32. The number of carbonyl (C=O) groups is 1. The fourth-order valence-corrected chi connectivity index (χ4v) is 3.85. The molecule has 0 unspecified atom stereocenters. The van der Waals surface area contributed by atoms with Gasteiger partial charge in [0.1, 0.15) is 5.82 Å². The highest BCUT2D eigenvalue weighted by atomic mass is 32.1. The number of nitrogens with zero attached hydrogens (tertiary/aromatic N) is 2. The second-order valence-electron chi connectivity index (χ2n) is 6.45. The summed E-state index contributed by atoms with van der Waals surface area (Å²) in [7, 11) is 0. The minimum atomic E-state index is -0.419. The van der Waals surface area contributed by atoms with Gasteiger partial charge in [-0.25, -0.2) is 9.37 Å². The summed E-state index contributed by atoms with van der Waals surface area (Å²) >= 11 is 1.50. The molecule has 2 aromatic rings. The van der Waals surface area contributed by atoms with Crippen LogP contribution >= 0.6 is 11.3 Å². The summed E-state index contributed by atoms with van der Waals surface area (Å²) in [6.45, 7) is 7.38. The van der Waals surface area contributed by atoms with Gasteiger partial charge in [-0.15, -0.1) is 11.3 Å². The summed E-state index contributed by atoms with van der Waals surface area (Å²) in [5.74, 6) is 0.0597. The molecule has 1 aliphatic heterocycles. The standard InChI is InChI=1S/C18H22FN3OS/c1-12-6-8-22(9-7-12)11-16-13(2)20-18(24-16)21-17(23)14-4-3-5-15(19)10-14/h3-5,10,12H,6-9,11H2,1-2H3,(H,20,21,23). The molecule has 0 radical (unpaired) electrons. The Kier molecular flexibility index (Phi) is 5.26. The van der Waals surface area contributed by atoms with E-state index >= 15 is 0 Å². The zero-order valence-electron chi connectivity index (χ0n) is 14.0. The average Bonchev–Trinajstić information content (AvgIpc) is 2.89. The van der Waals surface area contributed by atoms with Crippen molar-refractivity contribution in [3.8, 4) is 0 Å². The van der Waals surface area contributed by atoms with Gasteiger partial charge in [0.05, 0.1) is 5.69 Å². The predicted molar refractivity (Wildman–Crippen MR) is 94.9 cm³/mol. The minimum Gasteiger partial charge on any atom is -0.298 e. The van der Waals surface area contributed by atoms with Crippen LogP contribution in [0.3, 0.4) is 0 Å². The summed E-state index contributed by atoms with van der Waals surface area (Å²) in [4.78, 5) is 20.3. The molecule has 0 atom stereocenters. The van der Waals surface area contributed by atoms with Gasteiger partial charge in [0.25, 0.3) is 5.91 Å². The first kappa shape index (κ1) is 17.0. The Hall–Kier alpha value is -1.79. The van der Waals surface area contributed by atoms with Crippen LogP contribution in [0.15, 0.2) is 24.3 Å². The average molecular weight is 347 g/mol. The molecular weight excluding hydrogens is 325 g/mol. The molecule has 1 saturated heterocycles. The number of rotatable bonds is 4. The van der Waals surface area contributed by atoms with Crippen molar-refractivity contribution >= 4 is 22.4 Å². The van der Waals surface area contributed by atoms with Crippen molar-refractivity contribution in [2.75, 3.05) is 18.4 Å². The van der Waals surface area contributed by atoms with Gasteiger partial charge in [-0.3, -0.25) is 15.0 Å². The van der Waals surface area contributed by atoms with Crippen molar-refractivity contribution < 1.29 is 9.18 Å². The third-order valence-electron chi connectivity index (χ3n) is 4.44. The second kappa shape index (κ2) is 7.40. The Balaban J connectivity index is 1.64. The van der Waals surface area contributed by atoms with Gasteiger partial charge in [-0.05, 0) is 57.0 Å². The number of benzene rings is 1. The van der Waals surface area contributed by atoms with E-state index < -0.39 is 5.82 Å². The van der Waals surface area contributed by atoms with E-state index in [-0.39, 0.29) is 5.91 Å². The first-order chi connectivity index (χ1) is 11.5. The maximum Gasteiger partial charge on any atom is 0.257 e. The highest BCUT2D eigenvalue weighted by molar-refractivity contribution is 7.15. The molecule has 4 nitrogen and oxygen atoms in total. The van der Waals surface area contributed by atoms with E-state index in [9.17, 15) is 9.18 Å². The number of carbonyl (C=O) groups excluding carboxylic acids is 1. The number of likely N-dealkylation sites (tertiary alicyclic amines) is 1. The second-order valence-corrected chi connectivity index (χ2v) is 7.53. The van der Waals surface area contributed by atoms with E-state index in [1.54, 1.807) is 6.07 Å². The van der Waals surface area contributed by atoms with Gasteiger partial charge in [-0.2, -0.15) is 0 Å². The quantitative estimate of drug-likeness (QED) is 0.906. The van der Waals surface area contributed by atoms with Crippen LogP contribution in [0.5, 0.6) is 0 Å². The van der Waals surface area contributed by atoms with Crippen LogP contribution in [0.4, 0.5) is 9.52 Å². The highest BCUT2D eigenvalue weighted by Crippen LogP contribution is 2.26. The Labute approximate surface area is 145 Å². The molecule has 0 bridgehead atoms. The molecule has 0 aliphatic carbocycles. The summed E-state index contributed by atoms with van der Waals surface area (Å²) < 4.78 is 13.2. The lowest BCUT2D eigenvalue weighted by atomic mass is 9.99. The topological polar surface area (TPSA) is 45.2 Å². The van der Waals surface area contributed by atoms with Crippen molar-refractivity contribution in [2.45, 2.75) is 33.2 Å². The number of piperidine rings is 1. The van der Waals surface area contributed by atoms with Crippen LogP contribution in [0, 0.1) is 18.7 Å². The van der Waals surface area contributed by atoms with Crippen molar-refractivity contribution in [3.63, 3.8) is 0 Å². The highest BCUT2D eigenvalue weighted by Gasteiger charge is 2.19. The third-order valence-corrected chi connectivity index (χ3v) is 5.50. The third kappa shape index (κ3) is 4.19. The number of thiazole rings is 1. The van der Waals surface area contributed by atoms with Gasteiger partial charge in [-0.1, -0.05) is 13.0 Å². The van der Waals surface area contributed by atoms with Crippen LogP contribution in [0.1, 0.15) is 40.7 Å². The fourth-order valence-electron chi connectivity index (χ4n) is 2.85. The molecule has 128 valence electrons. The van der Waals surface area contributed by atoms with E-state index in [4.69, 9.17) is 0 Å². The number of halogens is 1. The molecule has 1 N–H and O–H groups in total. The van der Waals surface area contributed by atoms with E-state index in [1.165, 1.54) is 47.3 Å². The Bertz CT molecular complexity index is 723. The summed E-state index contributed by atoms with van der Waals surface area (Å²) in [5.41, 5.74) is 1.25. The molecule has 3 rings (SSSR count). The number of nitrogens with one attached hydrogen (secondary N) is 1. The molecular formula is C18H22FN3OS. The van der Waals surface area contributed by atoms with Crippen LogP contribution in [0.25, 0.3) is 0 Å². The molecule has 1 aromatic carbocycles. The number of anilines is 1. The Morgan fingerprint density at radius 3 is 2.88 bits per heavy atom. The fraction of sp³-hybridized carbons (Fsp3) is 0.444. The molecule has 2 heterocycles. The Morgan fingerprint density at radius 2 is 2.17 bits per heavy atom. The summed E-state index contributed by atoms with van der Waals surface area (Å²) in [6, 6.07) is 5.67. The zero-order valence-corrected chi connectivity index (χ0v) is 14.8. The van der Waals surface area contributed by atoms with Crippen LogP contribution in [-0.2, 0) is 6.54 Å². The Morgan fingerprint density at radius 1 is 1.42 bits per heavy atom. The molecule has 6 heteroatoms. The lowest BCUT2D eigenvalue weighted by Gasteiger charge is -2.29.